The van der Waals surface area contributed by atoms with Gasteiger partial charge in [-0.1, -0.05) is 6.92 Å². The van der Waals surface area contributed by atoms with E-state index in [2.05, 4.69) is 19.9 Å². The van der Waals surface area contributed by atoms with Gasteiger partial charge >= 0.3 is 0 Å². The molecule has 2 heteroatoms. The first-order valence-electron chi connectivity index (χ1n) is 6.82. The van der Waals surface area contributed by atoms with E-state index in [9.17, 15) is 4.79 Å². The Labute approximate surface area is 109 Å². The van der Waals surface area contributed by atoms with E-state index in [1.807, 2.05) is 0 Å². The van der Waals surface area contributed by atoms with E-state index in [0.29, 0.717) is 6.42 Å². The Balaban J connectivity index is 2.56. The van der Waals surface area contributed by atoms with Crippen molar-refractivity contribution >= 4 is 6.29 Å². The number of rotatable bonds is 4. The highest BCUT2D eigenvalue weighted by atomic mass is 16.5. The Kier molecular flexibility index (Phi) is 4.05. The summed E-state index contributed by atoms with van der Waals surface area (Å²) in [7, 11) is 1.72. The van der Waals surface area contributed by atoms with Crippen LogP contribution in [0, 0.1) is 6.92 Å². The summed E-state index contributed by atoms with van der Waals surface area (Å²) in [6.45, 7) is 4.29. The van der Waals surface area contributed by atoms with Crippen LogP contribution in [0.4, 0.5) is 0 Å². The molecular weight excluding hydrogens is 224 g/mol. The summed E-state index contributed by atoms with van der Waals surface area (Å²) in [5.74, 6) is 1.22. The van der Waals surface area contributed by atoms with E-state index < -0.39 is 0 Å². The summed E-state index contributed by atoms with van der Waals surface area (Å²) in [5, 5.41) is 0. The molecule has 0 amide bonds. The molecule has 1 unspecified atom stereocenters. The van der Waals surface area contributed by atoms with Crippen LogP contribution in [-0.2, 0) is 17.6 Å². The van der Waals surface area contributed by atoms with E-state index in [0.717, 1.165) is 18.5 Å². The first-order valence-corrected chi connectivity index (χ1v) is 6.82. The monoisotopic (exact) mass is 246 g/mol. The van der Waals surface area contributed by atoms with Crippen molar-refractivity contribution in [3.63, 3.8) is 0 Å². The molecule has 2 rings (SSSR count). The maximum atomic E-state index is 10.8. The number of hydrogen-bond donors (Lipinski definition) is 0. The second-order valence-corrected chi connectivity index (χ2v) is 5.28. The Hall–Kier alpha value is -1.31. The van der Waals surface area contributed by atoms with Crippen LogP contribution in [0.15, 0.2) is 6.07 Å². The van der Waals surface area contributed by atoms with Crippen LogP contribution in [0.1, 0.15) is 54.4 Å². The van der Waals surface area contributed by atoms with Crippen molar-refractivity contribution in [3.8, 4) is 5.75 Å². The molecule has 0 spiro atoms. The van der Waals surface area contributed by atoms with Gasteiger partial charge in [0, 0.05) is 12.0 Å². The zero-order valence-corrected chi connectivity index (χ0v) is 11.6. The summed E-state index contributed by atoms with van der Waals surface area (Å²) >= 11 is 0. The number of aryl methyl sites for hydroxylation is 1. The fourth-order valence-corrected chi connectivity index (χ4v) is 3.12. The predicted octanol–water partition coefficient (Wildman–Crippen LogP) is 3.57. The zero-order valence-electron chi connectivity index (χ0n) is 11.6. The Morgan fingerprint density at radius 3 is 2.61 bits per heavy atom. The van der Waals surface area contributed by atoms with Crippen molar-refractivity contribution in [1.82, 2.24) is 0 Å². The van der Waals surface area contributed by atoms with Crippen molar-refractivity contribution in [2.75, 3.05) is 7.11 Å². The van der Waals surface area contributed by atoms with Gasteiger partial charge in [-0.2, -0.15) is 0 Å². The van der Waals surface area contributed by atoms with Crippen molar-refractivity contribution in [2.24, 2.45) is 0 Å². The molecule has 0 saturated heterocycles. The summed E-state index contributed by atoms with van der Waals surface area (Å²) in [5.41, 5.74) is 5.55. The van der Waals surface area contributed by atoms with Crippen molar-refractivity contribution in [3.05, 3.63) is 28.3 Å². The third-order valence-corrected chi connectivity index (χ3v) is 4.04. The maximum Gasteiger partial charge on any atom is 0.122 e. The molecule has 0 fully saturated rings. The first kappa shape index (κ1) is 13.1. The minimum Gasteiger partial charge on any atom is -0.496 e. The number of hydrogen-bond acceptors (Lipinski definition) is 2. The molecule has 0 N–H and O–H groups in total. The number of aldehydes is 1. The third kappa shape index (κ3) is 2.29. The smallest absolute Gasteiger partial charge is 0.122 e. The largest absolute Gasteiger partial charge is 0.496 e. The number of carbonyl (C=O) groups excluding carboxylic acids is 1. The molecule has 1 aromatic rings. The highest BCUT2D eigenvalue weighted by Crippen LogP contribution is 2.38. The van der Waals surface area contributed by atoms with Gasteiger partial charge in [0.05, 0.1) is 7.11 Å². The molecule has 0 aromatic heterocycles. The standard InChI is InChI=1S/C16H22O2/c1-11(8-9-17)16-14-7-5-4-6-13(14)12(2)10-15(16)18-3/h9-11H,4-8H2,1-3H3. The zero-order chi connectivity index (χ0) is 13.1. The van der Waals surface area contributed by atoms with Crippen LogP contribution in [0.2, 0.25) is 0 Å². The van der Waals surface area contributed by atoms with E-state index in [-0.39, 0.29) is 5.92 Å². The summed E-state index contributed by atoms with van der Waals surface area (Å²) in [6, 6.07) is 2.14. The number of methoxy groups -OCH3 is 1. The molecule has 0 radical (unpaired) electrons. The Morgan fingerprint density at radius 2 is 2.00 bits per heavy atom. The highest BCUT2D eigenvalue weighted by Gasteiger charge is 2.22. The van der Waals surface area contributed by atoms with E-state index in [1.54, 1.807) is 7.11 Å². The van der Waals surface area contributed by atoms with Crippen LogP contribution < -0.4 is 4.74 Å². The molecule has 1 atom stereocenters. The fourth-order valence-electron chi connectivity index (χ4n) is 3.12. The third-order valence-electron chi connectivity index (χ3n) is 4.04. The average molecular weight is 246 g/mol. The topological polar surface area (TPSA) is 26.3 Å². The van der Waals surface area contributed by atoms with Gasteiger partial charge in [-0.05, 0) is 61.3 Å². The Bertz CT molecular complexity index is 449. The number of ether oxygens (including phenoxy) is 1. The van der Waals surface area contributed by atoms with Gasteiger partial charge in [-0.15, -0.1) is 0 Å². The lowest BCUT2D eigenvalue weighted by Gasteiger charge is -2.26. The van der Waals surface area contributed by atoms with Gasteiger partial charge in [-0.25, -0.2) is 0 Å². The van der Waals surface area contributed by atoms with Crippen LogP contribution in [-0.4, -0.2) is 13.4 Å². The molecule has 98 valence electrons. The minimum absolute atomic E-state index is 0.255. The van der Waals surface area contributed by atoms with Gasteiger partial charge in [0.1, 0.15) is 12.0 Å². The molecule has 1 aliphatic carbocycles. The fraction of sp³-hybridized carbons (Fsp3) is 0.562. The molecule has 1 aromatic carbocycles. The lowest BCUT2D eigenvalue weighted by molar-refractivity contribution is -0.108. The molecule has 1 aliphatic rings. The van der Waals surface area contributed by atoms with Gasteiger partial charge < -0.3 is 9.53 Å². The predicted molar refractivity (Wildman–Crippen MR) is 73.5 cm³/mol. The number of fused-ring (bicyclic) bond motifs is 1. The lowest BCUT2D eigenvalue weighted by Crippen LogP contribution is -2.12. The lowest BCUT2D eigenvalue weighted by atomic mass is 9.81. The number of benzene rings is 1. The SMILES string of the molecule is COc1cc(C)c2c(c1C(C)CC=O)CCCC2. The van der Waals surface area contributed by atoms with E-state index in [1.165, 1.54) is 41.5 Å². The molecule has 0 saturated carbocycles. The van der Waals surface area contributed by atoms with Crippen LogP contribution in [0.3, 0.4) is 0 Å². The van der Waals surface area contributed by atoms with E-state index in [4.69, 9.17) is 4.74 Å². The molecule has 0 bridgehead atoms. The quantitative estimate of drug-likeness (QED) is 0.759. The van der Waals surface area contributed by atoms with Gasteiger partial charge in [0.15, 0.2) is 0 Å². The summed E-state index contributed by atoms with van der Waals surface area (Å²) < 4.78 is 5.54. The van der Waals surface area contributed by atoms with Crippen LogP contribution >= 0.6 is 0 Å². The Morgan fingerprint density at radius 1 is 1.33 bits per heavy atom. The normalized spacial score (nSPS) is 15.9. The van der Waals surface area contributed by atoms with Crippen molar-refractivity contribution in [2.45, 2.75) is 51.9 Å². The van der Waals surface area contributed by atoms with Crippen molar-refractivity contribution in [1.29, 1.82) is 0 Å². The second kappa shape index (κ2) is 5.55. The molecule has 0 aliphatic heterocycles. The molecule has 18 heavy (non-hydrogen) atoms. The second-order valence-electron chi connectivity index (χ2n) is 5.28. The van der Waals surface area contributed by atoms with E-state index >= 15 is 0 Å². The molecule has 2 nitrogen and oxygen atoms in total. The van der Waals surface area contributed by atoms with Crippen LogP contribution in [0.25, 0.3) is 0 Å². The molecular formula is C16H22O2. The first-order chi connectivity index (χ1) is 8.69. The minimum atomic E-state index is 0.255. The van der Waals surface area contributed by atoms with Crippen LogP contribution in [0.5, 0.6) is 5.75 Å². The van der Waals surface area contributed by atoms with Crippen molar-refractivity contribution < 1.29 is 9.53 Å². The van der Waals surface area contributed by atoms with Gasteiger partial charge in [0.25, 0.3) is 0 Å². The summed E-state index contributed by atoms with van der Waals surface area (Å²) in [6.07, 6.45) is 6.42. The molecule has 0 heterocycles. The van der Waals surface area contributed by atoms with Gasteiger partial charge in [0.2, 0.25) is 0 Å². The van der Waals surface area contributed by atoms with Gasteiger partial charge in [-0.3, -0.25) is 0 Å². The summed E-state index contributed by atoms with van der Waals surface area (Å²) in [4.78, 5) is 10.8. The number of carbonyl (C=O) groups is 1. The maximum absolute atomic E-state index is 10.8. The highest BCUT2D eigenvalue weighted by molar-refractivity contribution is 5.57. The average Bonchev–Trinajstić information content (AvgIpc) is 2.38.